The largest absolute Gasteiger partial charge is 0.392 e. The third kappa shape index (κ3) is 4.44. The average molecular weight is 250 g/mol. The number of nitrogens with two attached hydrogens (primary N) is 1. The summed E-state index contributed by atoms with van der Waals surface area (Å²) in [5.41, 5.74) is 5.42. The third-order valence-corrected chi connectivity index (χ3v) is 4.34. The number of hydrogen-bond acceptors (Lipinski definition) is 3. The molecule has 0 saturated heterocycles. The maximum atomic E-state index is 11.4. The van der Waals surface area contributed by atoms with Crippen molar-refractivity contribution in [2.75, 3.05) is 12.3 Å². The van der Waals surface area contributed by atoms with Crippen molar-refractivity contribution in [1.29, 1.82) is 0 Å². The van der Waals surface area contributed by atoms with Crippen molar-refractivity contribution >= 4 is 27.2 Å². The van der Waals surface area contributed by atoms with Crippen molar-refractivity contribution in [1.82, 2.24) is 4.72 Å². The van der Waals surface area contributed by atoms with Gasteiger partial charge in [0.1, 0.15) is 5.75 Å². The molecule has 0 aliphatic heterocycles. The second-order valence-electron chi connectivity index (χ2n) is 4.30. The second kappa shape index (κ2) is 4.76. The van der Waals surface area contributed by atoms with Gasteiger partial charge in [0.05, 0.1) is 4.99 Å². The van der Waals surface area contributed by atoms with Gasteiger partial charge in [-0.15, -0.1) is 0 Å². The van der Waals surface area contributed by atoms with Gasteiger partial charge in [-0.2, -0.15) is 0 Å². The van der Waals surface area contributed by atoms with Gasteiger partial charge in [-0.25, -0.2) is 13.1 Å². The highest BCUT2D eigenvalue weighted by molar-refractivity contribution is 7.92. The maximum Gasteiger partial charge on any atom is 0.218 e. The molecule has 0 unspecified atom stereocenters. The van der Waals surface area contributed by atoms with Crippen molar-refractivity contribution in [3.8, 4) is 0 Å². The lowest BCUT2D eigenvalue weighted by Crippen LogP contribution is -2.35. The lowest BCUT2D eigenvalue weighted by atomic mass is 10.0. The normalized spacial score (nSPS) is 18.7. The van der Waals surface area contributed by atoms with Crippen molar-refractivity contribution in [2.24, 2.45) is 11.1 Å². The van der Waals surface area contributed by atoms with Gasteiger partial charge in [-0.3, -0.25) is 0 Å². The number of rotatable bonds is 7. The Bertz CT molecular complexity index is 334. The van der Waals surface area contributed by atoms with E-state index in [1.807, 2.05) is 0 Å². The van der Waals surface area contributed by atoms with Crippen LogP contribution >= 0.6 is 12.2 Å². The molecule has 1 aliphatic rings. The summed E-state index contributed by atoms with van der Waals surface area (Å²) < 4.78 is 25.5. The molecule has 6 heteroatoms. The molecule has 0 atom stereocenters. The summed E-state index contributed by atoms with van der Waals surface area (Å²) in [7, 11) is -3.31. The number of sulfonamides is 1. The van der Waals surface area contributed by atoms with Crippen LogP contribution in [0, 0.1) is 5.41 Å². The highest BCUT2D eigenvalue weighted by Gasteiger charge is 2.41. The Morgan fingerprint density at radius 3 is 2.53 bits per heavy atom. The van der Waals surface area contributed by atoms with E-state index in [1.165, 1.54) is 0 Å². The van der Waals surface area contributed by atoms with E-state index >= 15 is 0 Å². The molecular weight excluding hydrogens is 232 g/mol. The van der Waals surface area contributed by atoms with Gasteiger partial charge in [-0.1, -0.05) is 25.6 Å². The van der Waals surface area contributed by atoms with Gasteiger partial charge in [0, 0.05) is 6.54 Å². The molecule has 0 bridgehead atoms. The lowest BCUT2D eigenvalue weighted by Gasteiger charge is -2.14. The number of thiocarbonyl (C=S) groups is 1. The Balaban J connectivity index is 2.39. The summed E-state index contributed by atoms with van der Waals surface area (Å²) in [5.74, 6) is -0.245. The second-order valence-corrected chi connectivity index (χ2v) is 6.63. The van der Waals surface area contributed by atoms with Crippen molar-refractivity contribution < 1.29 is 8.42 Å². The zero-order valence-corrected chi connectivity index (χ0v) is 10.6. The Labute approximate surface area is 96.7 Å². The van der Waals surface area contributed by atoms with Crippen LogP contribution in [0.25, 0.3) is 0 Å². The van der Waals surface area contributed by atoms with Gasteiger partial charge >= 0.3 is 0 Å². The summed E-state index contributed by atoms with van der Waals surface area (Å²) >= 11 is 4.58. The third-order valence-electron chi connectivity index (χ3n) is 2.74. The van der Waals surface area contributed by atoms with Crippen LogP contribution in [-0.2, 0) is 10.0 Å². The van der Waals surface area contributed by atoms with Crippen LogP contribution < -0.4 is 10.5 Å². The minimum atomic E-state index is -3.31. The van der Waals surface area contributed by atoms with Crippen LogP contribution in [-0.4, -0.2) is 25.7 Å². The van der Waals surface area contributed by atoms with Gasteiger partial charge < -0.3 is 5.73 Å². The summed E-state index contributed by atoms with van der Waals surface area (Å²) in [6.07, 6.45) is 4.42. The van der Waals surface area contributed by atoms with E-state index < -0.39 is 10.0 Å². The van der Waals surface area contributed by atoms with Crippen LogP contribution in [0.3, 0.4) is 0 Å². The van der Waals surface area contributed by atoms with Gasteiger partial charge in [0.25, 0.3) is 0 Å². The quantitative estimate of drug-likeness (QED) is 0.655. The molecule has 15 heavy (non-hydrogen) atoms. The fourth-order valence-corrected chi connectivity index (χ4v) is 3.19. The number of hydrogen-bond donors (Lipinski definition) is 2. The zero-order valence-electron chi connectivity index (χ0n) is 8.95. The Hall–Kier alpha value is -0.200. The molecule has 1 rings (SSSR count). The molecule has 0 aromatic rings. The van der Waals surface area contributed by atoms with Crippen molar-refractivity contribution in [2.45, 2.75) is 32.6 Å². The first-order valence-electron chi connectivity index (χ1n) is 5.15. The standard InChI is InChI=1S/C9H18N2O2S2/c1-2-3-9(4-5-9)7-11-15(12,13)6-8(10)14/h11H,2-7H2,1H3,(H2,10,14). The smallest absolute Gasteiger partial charge is 0.218 e. The molecule has 3 N–H and O–H groups in total. The van der Waals surface area contributed by atoms with E-state index in [0.717, 1.165) is 25.7 Å². The van der Waals surface area contributed by atoms with Gasteiger partial charge in [0.15, 0.2) is 0 Å². The van der Waals surface area contributed by atoms with Crippen LogP contribution in [0.4, 0.5) is 0 Å². The number of nitrogens with one attached hydrogen (secondary N) is 1. The first-order valence-corrected chi connectivity index (χ1v) is 7.21. The molecule has 1 aliphatic carbocycles. The summed E-state index contributed by atoms with van der Waals surface area (Å²) in [5, 5.41) is 0. The van der Waals surface area contributed by atoms with Crippen molar-refractivity contribution in [3.63, 3.8) is 0 Å². The first kappa shape index (κ1) is 12.9. The van der Waals surface area contributed by atoms with Crippen LogP contribution in [0.2, 0.25) is 0 Å². The zero-order chi connectivity index (χ0) is 11.5. The van der Waals surface area contributed by atoms with E-state index in [0.29, 0.717) is 6.54 Å². The van der Waals surface area contributed by atoms with Gasteiger partial charge in [0.2, 0.25) is 10.0 Å². The lowest BCUT2D eigenvalue weighted by molar-refractivity contribution is 0.450. The van der Waals surface area contributed by atoms with E-state index in [2.05, 4.69) is 23.9 Å². The minimum absolute atomic E-state index is 0.0165. The Morgan fingerprint density at radius 1 is 1.53 bits per heavy atom. The highest BCUT2D eigenvalue weighted by atomic mass is 32.2. The SMILES string of the molecule is CCCC1(CNS(=O)(=O)CC(N)=S)CC1. The molecule has 1 fully saturated rings. The molecule has 88 valence electrons. The Kier molecular flexibility index (Phi) is 4.08. The first-order chi connectivity index (χ1) is 6.89. The molecule has 0 heterocycles. The Morgan fingerprint density at radius 2 is 2.13 bits per heavy atom. The van der Waals surface area contributed by atoms with E-state index in [-0.39, 0.29) is 16.2 Å². The molecule has 1 saturated carbocycles. The summed E-state index contributed by atoms with van der Waals surface area (Å²) in [6, 6.07) is 0. The van der Waals surface area contributed by atoms with E-state index in [4.69, 9.17) is 5.73 Å². The van der Waals surface area contributed by atoms with Gasteiger partial charge in [-0.05, 0) is 24.7 Å². The van der Waals surface area contributed by atoms with Crippen LogP contribution in [0.1, 0.15) is 32.6 Å². The van der Waals surface area contributed by atoms with E-state index in [9.17, 15) is 8.42 Å². The predicted octanol–water partition coefficient (Wildman–Crippen LogP) is 0.772. The molecule has 4 nitrogen and oxygen atoms in total. The van der Waals surface area contributed by atoms with Crippen LogP contribution in [0.5, 0.6) is 0 Å². The molecular formula is C9H18N2O2S2. The molecule has 0 radical (unpaired) electrons. The minimum Gasteiger partial charge on any atom is -0.392 e. The molecule has 0 spiro atoms. The fraction of sp³-hybridized carbons (Fsp3) is 0.889. The maximum absolute atomic E-state index is 11.4. The molecule has 0 amide bonds. The van der Waals surface area contributed by atoms with E-state index in [1.54, 1.807) is 0 Å². The predicted molar refractivity (Wildman–Crippen MR) is 65.1 cm³/mol. The fourth-order valence-electron chi connectivity index (χ4n) is 1.72. The monoisotopic (exact) mass is 250 g/mol. The molecule has 0 aromatic heterocycles. The summed E-state index contributed by atoms with van der Waals surface area (Å²) in [6.45, 7) is 2.65. The highest BCUT2D eigenvalue weighted by Crippen LogP contribution is 2.48. The van der Waals surface area contributed by atoms with Crippen LogP contribution in [0.15, 0.2) is 0 Å². The average Bonchev–Trinajstić information content (AvgIpc) is 2.81. The molecule has 0 aromatic carbocycles. The topological polar surface area (TPSA) is 72.2 Å². The summed E-state index contributed by atoms with van der Waals surface area (Å²) in [4.78, 5) is 0.0165. The van der Waals surface area contributed by atoms with Crippen molar-refractivity contribution in [3.05, 3.63) is 0 Å².